The van der Waals surface area contributed by atoms with Crippen molar-refractivity contribution in [3.8, 4) is 33.4 Å². The highest BCUT2D eigenvalue weighted by Gasteiger charge is 2.28. The summed E-state index contributed by atoms with van der Waals surface area (Å²) in [5, 5.41) is 4.28. The van der Waals surface area contributed by atoms with Gasteiger partial charge in [-0.1, -0.05) is 164 Å². The number of anilines is 4. The Balaban J connectivity index is 1.11. The number of para-hydroxylation sites is 4. The summed E-state index contributed by atoms with van der Waals surface area (Å²) in [6, 6.07) is 77.1. The normalized spacial score (nSPS) is 12.8. The molecule has 9 aromatic carbocycles. The van der Waals surface area contributed by atoms with Gasteiger partial charge in [-0.05, 0) is 102 Å². The number of furan rings is 2. The van der Waals surface area contributed by atoms with Crippen LogP contribution >= 0.6 is 0 Å². The van der Waals surface area contributed by atoms with Crippen LogP contribution in [0.1, 0.15) is 12.8 Å². The van der Waals surface area contributed by atoms with E-state index in [1.54, 1.807) is 0 Å². The molecule has 1 aliphatic carbocycles. The highest BCUT2D eigenvalue weighted by atomic mass is 16.3. The van der Waals surface area contributed by atoms with Gasteiger partial charge in [0.15, 0.2) is 5.58 Å². The maximum atomic E-state index is 7.16. The molecule has 304 valence electrons. The molecule has 0 N–H and O–H groups in total. The lowest BCUT2D eigenvalue weighted by molar-refractivity contribution is 0.668. The van der Waals surface area contributed by atoms with Gasteiger partial charge in [0.1, 0.15) is 16.7 Å². The second kappa shape index (κ2) is 15.8. The first-order valence-corrected chi connectivity index (χ1v) is 22.0. The lowest BCUT2D eigenvalue weighted by Crippen LogP contribution is -2.22. The Bertz CT molecular complexity index is 3490. The Hall–Kier alpha value is -8.34. The van der Waals surface area contributed by atoms with Crippen molar-refractivity contribution in [1.29, 1.82) is 0 Å². The first-order valence-electron chi connectivity index (χ1n) is 22.0. The molecule has 12 rings (SSSR count). The van der Waals surface area contributed by atoms with Crippen LogP contribution < -0.4 is 9.80 Å². The summed E-state index contributed by atoms with van der Waals surface area (Å²) in [6.45, 7) is 0. The molecule has 11 aromatic rings. The van der Waals surface area contributed by atoms with Gasteiger partial charge < -0.3 is 18.6 Å². The molecule has 2 heterocycles. The molecular formula is C60H42N2O2. The van der Waals surface area contributed by atoms with Crippen molar-refractivity contribution >= 4 is 66.6 Å². The molecule has 2 aromatic heterocycles. The fourth-order valence-electron chi connectivity index (χ4n) is 9.59. The van der Waals surface area contributed by atoms with Crippen LogP contribution in [0.4, 0.5) is 22.7 Å². The predicted octanol–water partition coefficient (Wildman–Crippen LogP) is 17.0. The molecule has 64 heavy (non-hydrogen) atoms. The van der Waals surface area contributed by atoms with Crippen LogP contribution in [0.2, 0.25) is 0 Å². The van der Waals surface area contributed by atoms with Crippen molar-refractivity contribution in [3.63, 3.8) is 0 Å². The van der Waals surface area contributed by atoms with Gasteiger partial charge in [0.2, 0.25) is 0 Å². The third kappa shape index (κ3) is 6.47. The Morgan fingerprint density at radius 2 is 0.859 bits per heavy atom. The number of nitrogens with zero attached hydrogens (tertiary/aromatic N) is 2. The molecule has 1 aliphatic rings. The zero-order valence-corrected chi connectivity index (χ0v) is 35.1. The first-order chi connectivity index (χ1) is 31.8. The maximum Gasteiger partial charge on any atom is 0.159 e. The summed E-state index contributed by atoms with van der Waals surface area (Å²) in [6.07, 6.45) is 6.20. The van der Waals surface area contributed by atoms with Crippen LogP contribution in [0.25, 0.3) is 77.3 Å². The zero-order valence-electron chi connectivity index (χ0n) is 35.1. The minimum absolute atomic E-state index is 0.781. The van der Waals surface area contributed by atoms with Crippen molar-refractivity contribution < 1.29 is 8.83 Å². The van der Waals surface area contributed by atoms with Gasteiger partial charge in [-0.15, -0.1) is 0 Å². The Kier molecular flexibility index (Phi) is 9.27. The Morgan fingerprint density at radius 3 is 1.47 bits per heavy atom. The van der Waals surface area contributed by atoms with Gasteiger partial charge in [0.05, 0.1) is 16.8 Å². The zero-order chi connectivity index (χ0) is 42.4. The monoisotopic (exact) mass is 822 g/mol. The van der Waals surface area contributed by atoms with Crippen LogP contribution in [-0.2, 0) is 0 Å². The quantitative estimate of drug-likeness (QED) is 0.145. The van der Waals surface area contributed by atoms with Gasteiger partial charge in [-0.2, -0.15) is 0 Å². The average molecular weight is 823 g/mol. The fourth-order valence-corrected chi connectivity index (χ4v) is 9.59. The molecule has 0 fully saturated rings. The van der Waals surface area contributed by atoms with Gasteiger partial charge in [-0.25, -0.2) is 0 Å². The van der Waals surface area contributed by atoms with E-state index in [-0.39, 0.29) is 0 Å². The maximum absolute atomic E-state index is 7.16. The summed E-state index contributed by atoms with van der Waals surface area (Å²) in [5.41, 5.74) is 16.7. The lowest BCUT2D eigenvalue weighted by atomic mass is 9.97. The predicted molar refractivity (Wildman–Crippen MR) is 266 cm³/mol. The number of rotatable bonds is 9. The van der Waals surface area contributed by atoms with E-state index in [0.29, 0.717) is 0 Å². The van der Waals surface area contributed by atoms with Crippen LogP contribution in [0, 0.1) is 0 Å². The van der Waals surface area contributed by atoms with Gasteiger partial charge >= 0.3 is 0 Å². The summed E-state index contributed by atoms with van der Waals surface area (Å²) in [4.78, 5) is 4.82. The van der Waals surface area contributed by atoms with Crippen LogP contribution in [-0.4, -0.2) is 0 Å². The van der Waals surface area contributed by atoms with E-state index >= 15 is 0 Å². The Morgan fingerprint density at radius 1 is 0.328 bits per heavy atom. The van der Waals surface area contributed by atoms with Crippen molar-refractivity contribution in [2.45, 2.75) is 12.8 Å². The largest absolute Gasteiger partial charge is 0.455 e. The van der Waals surface area contributed by atoms with Crippen molar-refractivity contribution in [2.75, 3.05) is 9.80 Å². The summed E-state index contributed by atoms with van der Waals surface area (Å²) >= 11 is 0. The third-order valence-electron chi connectivity index (χ3n) is 12.6. The molecule has 0 saturated carbocycles. The van der Waals surface area contributed by atoms with E-state index in [0.717, 1.165) is 119 Å². The molecule has 0 amide bonds. The topological polar surface area (TPSA) is 32.8 Å². The number of hydrogen-bond acceptors (Lipinski definition) is 4. The van der Waals surface area contributed by atoms with Gasteiger partial charge in [-0.3, -0.25) is 0 Å². The van der Waals surface area contributed by atoms with Gasteiger partial charge in [0, 0.05) is 50.1 Å². The molecule has 4 heteroatoms. The van der Waals surface area contributed by atoms with E-state index in [4.69, 9.17) is 8.83 Å². The number of allylic oxidation sites excluding steroid dienone is 4. The molecule has 0 bridgehead atoms. The molecular weight excluding hydrogens is 781 g/mol. The molecule has 0 atom stereocenters. The standard InChI is InChI=1S/C60H42N2O2/c1-6-18-41(19-7-1)44-32-37-53-56(40-44)63-60-50(43-22-10-3-11-23-43)38-39-54(57(53)60)62(48-35-33-47(34-36-48)61(45-24-12-4-13-25-45)46-26-14-5-15-27-46)55-31-17-30-52-51-29-16-28-49(58(51)64-59(52)55)42-20-8-2-9-21-42/h1-33,35,37-40H,34,36H2. The van der Waals surface area contributed by atoms with Crippen LogP contribution in [0.15, 0.2) is 251 Å². The molecule has 0 aliphatic heterocycles. The highest BCUT2D eigenvalue weighted by molar-refractivity contribution is 6.19. The molecule has 0 unspecified atom stereocenters. The minimum atomic E-state index is 0.781. The molecule has 0 saturated heterocycles. The number of hydrogen-bond donors (Lipinski definition) is 0. The first kappa shape index (κ1) is 37.4. The summed E-state index contributed by atoms with van der Waals surface area (Å²) in [7, 11) is 0. The second-order valence-corrected chi connectivity index (χ2v) is 16.3. The van der Waals surface area contributed by atoms with E-state index < -0.39 is 0 Å². The van der Waals surface area contributed by atoms with E-state index in [1.807, 2.05) is 0 Å². The van der Waals surface area contributed by atoms with Gasteiger partial charge in [0.25, 0.3) is 0 Å². The smallest absolute Gasteiger partial charge is 0.159 e. The van der Waals surface area contributed by atoms with E-state index in [1.165, 1.54) is 5.70 Å². The Labute approximate surface area is 371 Å². The van der Waals surface area contributed by atoms with E-state index in [2.05, 4.69) is 240 Å². The molecule has 0 radical (unpaired) electrons. The SMILES string of the molecule is C1=C(N(c2ccccc2)c2ccccc2)CCC(N(c2cccc3c2oc2c(-c4ccccc4)cccc23)c2ccc(-c3ccccc3)c3oc4cc(-c5ccccc5)ccc4c23)=C1. The van der Waals surface area contributed by atoms with Crippen molar-refractivity contribution in [2.24, 2.45) is 0 Å². The third-order valence-corrected chi connectivity index (χ3v) is 12.6. The van der Waals surface area contributed by atoms with Crippen molar-refractivity contribution in [1.82, 2.24) is 0 Å². The fraction of sp³-hybridized carbons (Fsp3) is 0.0333. The highest BCUT2D eigenvalue weighted by Crippen LogP contribution is 2.49. The average Bonchev–Trinajstić information content (AvgIpc) is 3.96. The van der Waals surface area contributed by atoms with Crippen molar-refractivity contribution in [3.05, 3.63) is 242 Å². The number of benzene rings is 9. The molecule has 0 spiro atoms. The van der Waals surface area contributed by atoms with Crippen LogP contribution in [0.5, 0.6) is 0 Å². The lowest BCUT2D eigenvalue weighted by Gasteiger charge is -2.33. The summed E-state index contributed by atoms with van der Waals surface area (Å²) in [5.74, 6) is 0. The second-order valence-electron chi connectivity index (χ2n) is 16.3. The van der Waals surface area contributed by atoms with Crippen LogP contribution in [0.3, 0.4) is 0 Å². The minimum Gasteiger partial charge on any atom is -0.455 e. The summed E-state index contributed by atoms with van der Waals surface area (Å²) < 4.78 is 14.2. The van der Waals surface area contributed by atoms with E-state index in [9.17, 15) is 0 Å². The number of fused-ring (bicyclic) bond motifs is 6. The molecule has 4 nitrogen and oxygen atoms in total.